The zero-order valence-corrected chi connectivity index (χ0v) is 9.56. The number of carboxylic acids is 1. The molecule has 0 bridgehead atoms. The summed E-state index contributed by atoms with van der Waals surface area (Å²) < 4.78 is 4.68. The lowest BCUT2D eigenvalue weighted by molar-refractivity contribution is -0.148. The van der Waals surface area contributed by atoms with Crippen molar-refractivity contribution in [1.29, 1.82) is 0 Å². The zero-order chi connectivity index (χ0) is 12.8. The van der Waals surface area contributed by atoms with Crippen LogP contribution in [0.2, 0.25) is 0 Å². The van der Waals surface area contributed by atoms with Gasteiger partial charge in [0.15, 0.2) is 6.10 Å². The van der Waals surface area contributed by atoms with Gasteiger partial charge in [0.05, 0.1) is 12.5 Å². The van der Waals surface area contributed by atoms with E-state index in [1.165, 1.54) is 7.11 Å². The Hall–Kier alpha value is -1.63. The van der Waals surface area contributed by atoms with Gasteiger partial charge in [-0.2, -0.15) is 0 Å². The fourth-order valence-corrected chi connectivity index (χ4v) is 1.57. The van der Waals surface area contributed by atoms with E-state index >= 15 is 0 Å². The Morgan fingerprint density at radius 3 is 2.82 bits per heavy atom. The first-order chi connectivity index (χ1) is 8.04. The number of rotatable bonds is 5. The Kier molecular flexibility index (Phi) is 4.89. The Bertz CT molecular complexity index is 308. The number of carbonyl (C=O) groups excluding carboxylic acids is 2. The molecule has 1 rings (SSSR count). The number of carboxylic acid groups (broad SMARTS) is 1. The maximum atomic E-state index is 11.6. The van der Waals surface area contributed by atoms with Crippen molar-refractivity contribution in [2.75, 3.05) is 20.2 Å². The molecule has 96 valence electrons. The molecule has 3 N–H and O–H groups in total. The minimum absolute atomic E-state index is 0.0608. The van der Waals surface area contributed by atoms with Gasteiger partial charge >= 0.3 is 5.97 Å². The predicted octanol–water partition coefficient (Wildman–Crippen LogP) is -1.27. The summed E-state index contributed by atoms with van der Waals surface area (Å²) >= 11 is 0. The smallest absolute Gasteiger partial charge is 0.334 e. The molecule has 0 saturated carbocycles. The summed E-state index contributed by atoms with van der Waals surface area (Å²) in [4.78, 5) is 33.2. The van der Waals surface area contributed by atoms with E-state index in [1.54, 1.807) is 0 Å². The van der Waals surface area contributed by atoms with Gasteiger partial charge in [0.2, 0.25) is 11.8 Å². The number of ether oxygens (including phenoxy) is 1. The first-order valence-corrected chi connectivity index (χ1v) is 5.34. The number of amides is 2. The molecule has 1 heterocycles. The van der Waals surface area contributed by atoms with Gasteiger partial charge in [0.1, 0.15) is 0 Å². The molecular weight excluding hydrogens is 228 g/mol. The van der Waals surface area contributed by atoms with E-state index in [0.29, 0.717) is 19.4 Å². The number of hydrogen-bond donors (Lipinski definition) is 3. The molecule has 0 aliphatic carbocycles. The Morgan fingerprint density at radius 2 is 2.35 bits per heavy atom. The molecule has 2 unspecified atom stereocenters. The van der Waals surface area contributed by atoms with Crippen LogP contribution >= 0.6 is 0 Å². The number of nitrogens with one attached hydrogen (secondary N) is 2. The van der Waals surface area contributed by atoms with Crippen LogP contribution in [-0.2, 0) is 19.1 Å². The second-order valence-corrected chi connectivity index (χ2v) is 3.85. The molecule has 2 atom stereocenters. The first-order valence-electron chi connectivity index (χ1n) is 5.34. The highest BCUT2D eigenvalue weighted by Crippen LogP contribution is 2.10. The molecular formula is C10H16N2O5. The largest absolute Gasteiger partial charge is 0.479 e. The third kappa shape index (κ3) is 4.03. The van der Waals surface area contributed by atoms with Gasteiger partial charge in [0, 0.05) is 20.1 Å². The molecule has 0 aromatic rings. The van der Waals surface area contributed by atoms with Crippen LogP contribution in [0.5, 0.6) is 0 Å². The Balaban J connectivity index is 2.34. The average molecular weight is 244 g/mol. The van der Waals surface area contributed by atoms with Crippen molar-refractivity contribution in [3.63, 3.8) is 0 Å². The van der Waals surface area contributed by atoms with Crippen LogP contribution in [0.25, 0.3) is 0 Å². The summed E-state index contributed by atoms with van der Waals surface area (Å²) in [5.74, 6) is -1.73. The maximum absolute atomic E-state index is 11.6. The molecule has 7 nitrogen and oxygen atoms in total. The van der Waals surface area contributed by atoms with E-state index in [2.05, 4.69) is 15.4 Å². The lowest BCUT2D eigenvalue weighted by Crippen LogP contribution is -2.46. The van der Waals surface area contributed by atoms with E-state index in [1.807, 2.05) is 0 Å². The molecule has 1 saturated heterocycles. The minimum atomic E-state index is -1.12. The minimum Gasteiger partial charge on any atom is -0.479 e. The molecule has 1 fully saturated rings. The van der Waals surface area contributed by atoms with Crippen LogP contribution in [0.3, 0.4) is 0 Å². The number of hydrogen-bond acceptors (Lipinski definition) is 4. The van der Waals surface area contributed by atoms with E-state index in [0.717, 1.165) is 0 Å². The topological polar surface area (TPSA) is 105 Å². The third-order valence-electron chi connectivity index (χ3n) is 2.66. The highest BCUT2D eigenvalue weighted by atomic mass is 16.5. The van der Waals surface area contributed by atoms with E-state index in [9.17, 15) is 14.4 Å². The summed E-state index contributed by atoms with van der Waals surface area (Å²) in [5.41, 5.74) is 0. The molecule has 1 aliphatic heterocycles. The summed E-state index contributed by atoms with van der Waals surface area (Å²) in [7, 11) is 1.27. The normalized spacial score (nSPS) is 21.5. The first kappa shape index (κ1) is 13.4. The molecule has 0 aromatic heterocycles. The molecule has 0 spiro atoms. The summed E-state index contributed by atoms with van der Waals surface area (Å²) in [6.45, 7) is 0.227. The molecule has 17 heavy (non-hydrogen) atoms. The fourth-order valence-electron chi connectivity index (χ4n) is 1.57. The van der Waals surface area contributed by atoms with Crippen LogP contribution in [-0.4, -0.2) is 49.2 Å². The monoisotopic (exact) mass is 244 g/mol. The van der Waals surface area contributed by atoms with Crippen molar-refractivity contribution >= 4 is 17.8 Å². The quantitative estimate of drug-likeness (QED) is 0.559. The Morgan fingerprint density at radius 1 is 1.65 bits per heavy atom. The van der Waals surface area contributed by atoms with Crippen LogP contribution in [0, 0.1) is 5.92 Å². The zero-order valence-electron chi connectivity index (χ0n) is 9.56. The van der Waals surface area contributed by atoms with Crippen molar-refractivity contribution in [1.82, 2.24) is 10.6 Å². The van der Waals surface area contributed by atoms with Crippen molar-refractivity contribution in [3.8, 4) is 0 Å². The van der Waals surface area contributed by atoms with Gasteiger partial charge in [-0.15, -0.1) is 0 Å². The highest BCUT2D eigenvalue weighted by Gasteiger charge is 2.25. The number of piperidine rings is 1. The van der Waals surface area contributed by atoms with Crippen LogP contribution in [0.1, 0.15) is 12.8 Å². The van der Waals surface area contributed by atoms with Gasteiger partial charge in [-0.3, -0.25) is 9.59 Å². The molecule has 0 aromatic carbocycles. The van der Waals surface area contributed by atoms with Crippen molar-refractivity contribution in [2.45, 2.75) is 18.9 Å². The number of aliphatic carboxylic acids is 1. The fraction of sp³-hybridized carbons (Fsp3) is 0.700. The third-order valence-corrected chi connectivity index (χ3v) is 2.66. The standard InChI is InChI=1S/C10H16N2O5/c1-17-7(10(15)16)5-12-9(14)6-2-3-8(13)11-4-6/h6-7H,2-5H2,1H3,(H,11,13)(H,12,14)(H,15,16). The van der Waals surface area contributed by atoms with Gasteiger partial charge in [0.25, 0.3) is 0 Å². The van der Waals surface area contributed by atoms with Crippen LogP contribution in [0.15, 0.2) is 0 Å². The molecule has 2 amide bonds. The van der Waals surface area contributed by atoms with Gasteiger partial charge < -0.3 is 20.5 Å². The summed E-state index contributed by atoms with van der Waals surface area (Å²) in [6, 6.07) is 0. The SMILES string of the molecule is COC(CNC(=O)C1CCC(=O)NC1)C(=O)O. The summed E-state index contributed by atoms with van der Waals surface area (Å²) in [6.07, 6.45) is -0.232. The van der Waals surface area contributed by atoms with Crippen LogP contribution in [0.4, 0.5) is 0 Å². The average Bonchev–Trinajstić information content (AvgIpc) is 2.30. The van der Waals surface area contributed by atoms with E-state index in [-0.39, 0.29) is 24.3 Å². The maximum Gasteiger partial charge on any atom is 0.334 e. The van der Waals surface area contributed by atoms with Crippen molar-refractivity contribution in [3.05, 3.63) is 0 Å². The second kappa shape index (κ2) is 6.19. The summed E-state index contributed by atoms with van der Waals surface area (Å²) in [5, 5.41) is 13.8. The van der Waals surface area contributed by atoms with Crippen molar-refractivity contribution in [2.24, 2.45) is 5.92 Å². The van der Waals surface area contributed by atoms with E-state index in [4.69, 9.17) is 5.11 Å². The van der Waals surface area contributed by atoms with Gasteiger partial charge in [-0.25, -0.2) is 4.79 Å². The lowest BCUT2D eigenvalue weighted by Gasteiger charge is -2.22. The predicted molar refractivity (Wildman–Crippen MR) is 57.2 cm³/mol. The van der Waals surface area contributed by atoms with Crippen molar-refractivity contribution < 1.29 is 24.2 Å². The highest BCUT2D eigenvalue weighted by molar-refractivity contribution is 5.84. The Labute approximate surface area is 98.5 Å². The van der Waals surface area contributed by atoms with Gasteiger partial charge in [-0.05, 0) is 6.42 Å². The number of methoxy groups -OCH3 is 1. The second-order valence-electron chi connectivity index (χ2n) is 3.85. The molecule has 0 radical (unpaired) electrons. The molecule has 1 aliphatic rings. The van der Waals surface area contributed by atoms with Gasteiger partial charge in [-0.1, -0.05) is 0 Å². The number of carbonyl (C=O) groups is 3. The lowest BCUT2D eigenvalue weighted by atomic mass is 9.98. The molecule has 7 heteroatoms. The van der Waals surface area contributed by atoms with Crippen LogP contribution < -0.4 is 10.6 Å². The van der Waals surface area contributed by atoms with E-state index < -0.39 is 12.1 Å².